The molecule has 0 N–H and O–H groups in total. The SMILES string of the molecule is CCc1c(Cn2ccnc2-c2cccc(F)c2F)nc2ncccn12.CCc1c(Cn2ccnc2-c2nccs2)nc2ncccn12. The largest absolute Gasteiger partial charge is 0.325 e. The number of fused-ring (bicyclic) bond motifs is 2. The van der Waals surface area contributed by atoms with Gasteiger partial charge >= 0.3 is 0 Å². The molecule has 1 aromatic carbocycles. The van der Waals surface area contributed by atoms with Crippen LogP contribution in [0.25, 0.3) is 33.8 Å². The van der Waals surface area contributed by atoms with Gasteiger partial charge in [0.05, 0.1) is 30.0 Å². The van der Waals surface area contributed by atoms with Crippen molar-refractivity contribution in [3.05, 3.63) is 126 Å². The van der Waals surface area contributed by atoms with E-state index in [9.17, 15) is 8.78 Å². The number of aryl methyl sites for hydroxylation is 2. The van der Waals surface area contributed by atoms with Crippen molar-refractivity contribution in [3.63, 3.8) is 0 Å². The first kappa shape index (κ1) is 30.0. The molecule has 8 rings (SSSR count). The fraction of sp³-hybridized carbons (Fsp3) is 0.182. The van der Waals surface area contributed by atoms with Gasteiger partial charge in [0.25, 0.3) is 0 Å². The lowest BCUT2D eigenvalue weighted by atomic mass is 10.2. The summed E-state index contributed by atoms with van der Waals surface area (Å²) in [5.74, 6) is 0.810. The normalized spacial score (nSPS) is 11.3. The summed E-state index contributed by atoms with van der Waals surface area (Å²) in [7, 11) is 0. The number of hydrogen-bond acceptors (Lipinski definition) is 8. The van der Waals surface area contributed by atoms with Gasteiger partial charge < -0.3 is 9.13 Å². The van der Waals surface area contributed by atoms with Gasteiger partial charge in [-0.15, -0.1) is 11.3 Å². The predicted molar refractivity (Wildman–Crippen MR) is 174 cm³/mol. The van der Waals surface area contributed by atoms with Crippen LogP contribution in [0.15, 0.2) is 91.5 Å². The molecule has 0 radical (unpaired) electrons. The molecule has 0 unspecified atom stereocenters. The van der Waals surface area contributed by atoms with E-state index in [2.05, 4.69) is 50.8 Å². The maximum absolute atomic E-state index is 14.1. The average Bonchev–Trinajstić information content (AvgIpc) is 3.93. The van der Waals surface area contributed by atoms with Crippen molar-refractivity contribution < 1.29 is 8.78 Å². The third kappa shape index (κ3) is 5.78. The van der Waals surface area contributed by atoms with Crippen LogP contribution in [0, 0.1) is 11.6 Å². The molecule has 0 amide bonds. The molecule has 0 aliphatic heterocycles. The van der Waals surface area contributed by atoms with Crippen LogP contribution in [0.2, 0.25) is 0 Å². The van der Waals surface area contributed by atoms with Crippen LogP contribution < -0.4 is 0 Å². The molecule has 0 saturated carbocycles. The number of aromatic nitrogens is 11. The highest BCUT2D eigenvalue weighted by Gasteiger charge is 2.18. The third-order valence-corrected chi connectivity index (χ3v) is 8.50. The Morgan fingerprint density at radius 1 is 0.638 bits per heavy atom. The fourth-order valence-electron chi connectivity index (χ4n) is 5.61. The van der Waals surface area contributed by atoms with Crippen LogP contribution in [0.4, 0.5) is 8.78 Å². The molecule has 11 nitrogen and oxygen atoms in total. The van der Waals surface area contributed by atoms with Gasteiger partial charge in [0, 0.05) is 72.5 Å². The van der Waals surface area contributed by atoms with E-state index in [1.54, 1.807) is 53.1 Å². The number of halogens is 2. The summed E-state index contributed by atoms with van der Waals surface area (Å²) in [6, 6.07) is 7.86. The molecule has 0 fully saturated rings. The standard InChI is InChI=1S/C18H15F2N5.C15H14N6S/c1-2-15-14(23-18-22-7-4-9-25(15)18)11-24-10-8-21-17(24)12-5-3-6-13(19)16(12)20;1-2-12-11(19-15-18-4-3-7-21(12)15)10-20-8-5-16-13(20)14-17-6-9-22-14/h3-10H,2,11H2,1H3;3-9H,2,10H2,1H3. The van der Waals surface area contributed by atoms with Crippen molar-refractivity contribution in [2.24, 2.45) is 0 Å². The first-order valence-corrected chi connectivity index (χ1v) is 15.9. The number of imidazole rings is 4. The maximum Gasteiger partial charge on any atom is 0.234 e. The molecular formula is C33H29F2N11S. The lowest BCUT2D eigenvalue weighted by Crippen LogP contribution is -2.05. The van der Waals surface area contributed by atoms with E-state index in [4.69, 9.17) is 0 Å². The molecule has 0 atom stereocenters. The molecule has 236 valence electrons. The molecule has 0 aliphatic rings. The van der Waals surface area contributed by atoms with E-state index >= 15 is 0 Å². The molecule has 47 heavy (non-hydrogen) atoms. The Morgan fingerprint density at radius 3 is 1.81 bits per heavy atom. The first-order valence-electron chi connectivity index (χ1n) is 15.0. The summed E-state index contributed by atoms with van der Waals surface area (Å²) in [6.45, 7) is 5.25. The molecule has 0 saturated heterocycles. The molecule has 14 heteroatoms. The Morgan fingerprint density at radius 2 is 1.23 bits per heavy atom. The number of benzene rings is 1. The zero-order valence-corrected chi connectivity index (χ0v) is 26.4. The monoisotopic (exact) mass is 649 g/mol. The van der Waals surface area contributed by atoms with Crippen molar-refractivity contribution in [2.45, 2.75) is 39.8 Å². The topological polar surface area (TPSA) is 109 Å². The second kappa shape index (κ2) is 13.0. The van der Waals surface area contributed by atoms with Gasteiger partial charge in [-0.25, -0.2) is 43.7 Å². The maximum atomic E-state index is 14.1. The van der Waals surface area contributed by atoms with E-state index in [0.29, 0.717) is 24.7 Å². The smallest absolute Gasteiger partial charge is 0.234 e. The summed E-state index contributed by atoms with van der Waals surface area (Å²) in [5.41, 5.74) is 4.20. The van der Waals surface area contributed by atoms with Crippen LogP contribution in [0.1, 0.15) is 36.6 Å². The summed E-state index contributed by atoms with van der Waals surface area (Å²) in [6.07, 6.45) is 17.9. The zero-order chi connectivity index (χ0) is 32.3. The van der Waals surface area contributed by atoms with Crippen LogP contribution in [0.3, 0.4) is 0 Å². The average molecular weight is 650 g/mol. The Labute approximate surface area is 271 Å². The highest BCUT2D eigenvalue weighted by Crippen LogP contribution is 2.25. The molecular weight excluding hydrogens is 621 g/mol. The van der Waals surface area contributed by atoms with Crippen LogP contribution >= 0.6 is 11.3 Å². The lowest BCUT2D eigenvalue weighted by molar-refractivity contribution is 0.510. The van der Waals surface area contributed by atoms with E-state index < -0.39 is 11.6 Å². The summed E-state index contributed by atoms with van der Waals surface area (Å²) >= 11 is 1.59. The molecule has 0 aliphatic carbocycles. The Bertz CT molecular complexity index is 2280. The fourth-order valence-corrected chi connectivity index (χ4v) is 6.26. The van der Waals surface area contributed by atoms with Crippen molar-refractivity contribution >= 4 is 22.9 Å². The second-order valence-electron chi connectivity index (χ2n) is 10.5. The quantitative estimate of drug-likeness (QED) is 0.195. The van der Waals surface area contributed by atoms with Gasteiger partial charge in [-0.2, -0.15) is 0 Å². The van der Waals surface area contributed by atoms with E-state index in [1.165, 1.54) is 17.8 Å². The Hall–Kier alpha value is -5.63. The Kier molecular flexibility index (Phi) is 8.31. The Balaban J connectivity index is 0.000000151. The van der Waals surface area contributed by atoms with Crippen molar-refractivity contribution in [1.29, 1.82) is 0 Å². The van der Waals surface area contributed by atoms with Gasteiger partial charge in [-0.05, 0) is 37.1 Å². The summed E-state index contributed by atoms with van der Waals surface area (Å²) in [4.78, 5) is 30.8. The number of nitrogens with zero attached hydrogens (tertiary/aromatic N) is 11. The molecule has 8 aromatic rings. The van der Waals surface area contributed by atoms with E-state index in [0.717, 1.165) is 52.6 Å². The van der Waals surface area contributed by atoms with Crippen molar-refractivity contribution in [2.75, 3.05) is 0 Å². The summed E-state index contributed by atoms with van der Waals surface area (Å²) in [5, 5.41) is 2.88. The highest BCUT2D eigenvalue weighted by atomic mass is 32.1. The third-order valence-electron chi connectivity index (χ3n) is 7.73. The second-order valence-corrected chi connectivity index (χ2v) is 11.4. The molecule has 0 spiro atoms. The predicted octanol–water partition coefficient (Wildman–Crippen LogP) is 6.14. The van der Waals surface area contributed by atoms with Gasteiger partial charge in [0.1, 0.15) is 5.82 Å². The number of rotatable bonds is 8. The van der Waals surface area contributed by atoms with Crippen LogP contribution in [0.5, 0.6) is 0 Å². The molecule has 7 aromatic heterocycles. The minimum absolute atomic E-state index is 0.130. The highest BCUT2D eigenvalue weighted by molar-refractivity contribution is 7.13. The zero-order valence-electron chi connectivity index (χ0n) is 25.6. The first-order chi connectivity index (χ1) is 23.1. The summed E-state index contributed by atoms with van der Waals surface area (Å²) < 4.78 is 35.5. The minimum atomic E-state index is -0.901. The van der Waals surface area contributed by atoms with E-state index in [-0.39, 0.29) is 5.56 Å². The van der Waals surface area contributed by atoms with Gasteiger partial charge in [0.2, 0.25) is 11.6 Å². The molecule has 7 heterocycles. The van der Waals surface area contributed by atoms with Gasteiger partial charge in [-0.3, -0.25) is 8.80 Å². The van der Waals surface area contributed by atoms with Crippen LogP contribution in [-0.4, -0.2) is 52.8 Å². The van der Waals surface area contributed by atoms with Crippen molar-refractivity contribution in [3.8, 4) is 22.2 Å². The number of thiazole rings is 1. The van der Waals surface area contributed by atoms with Crippen LogP contribution in [-0.2, 0) is 25.9 Å². The van der Waals surface area contributed by atoms with Crippen molar-refractivity contribution in [1.82, 2.24) is 52.8 Å². The number of hydrogen-bond donors (Lipinski definition) is 0. The molecule has 0 bridgehead atoms. The van der Waals surface area contributed by atoms with Gasteiger partial charge in [-0.1, -0.05) is 19.9 Å². The minimum Gasteiger partial charge on any atom is -0.325 e. The van der Waals surface area contributed by atoms with Gasteiger partial charge in [0.15, 0.2) is 22.5 Å². The van der Waals surface area contributed by atoms with E-state index in [1.807, 2.05) is 47.4 Å². The lowest BCUT2D eigenvalue weighted by Gasteiger charge is -2.09.